The van der Waals surface area contributed by atoms with Gasteiger partial charge in [0, 0.05) is 5.56 Å². The molecule has 4 heteroatoms. The van der Waals surface area contributed by atoms with E-state index in [1.54, 1.807) is 0 Å². The van der Waals surface area contributed by atoms with Crippen molar-refractivity contribution in [2.75, 3.05) is 0 Å². The van der Waals surface area contributed by atoms with E-state index in [9.17, 15) is 4.79 Å². The highest BCUT2D eigenvalue weighted by molar-refractivity contribution is 7.12. The molecule has 3 rings (SSSR count). The Morgan fingerprint density at radius 3 is 2.59 bits per heavy atom. The van der Waals surface area contributed by atoms with Gasteiger partial charge in [0.25, 0.3) is 5.91 Å². The number of thiophene rings is 1. The van der Waals surface area contributed by atoms with Crippen LogP contribution in [0.25, 0.3) is 0 Å². The Hall–Kier alpha value is -2.59. The molecule has 0 saturated heterocycles. The molecule has 0 fully saturated rings. The highest BCUT2D eigenvalue weighted by atomic mass is 32.1. The summed E-state index contributed by atoms with van der Waals surface area (Å²) in [5, 5.41) is 5.12. The van der Waals surface area contributed by atoms with Crippen LogP contribution in [-0.4, -0.2) is 5.91 Å². The molecule has 0 aliphatic heterocycles. The monoisotopic (exact) mass is 379 g/mol. The fraction of sp³-hybridized carbons (Fsp3) is 0.261. The molecule has 140 valence electrons. The van der Waals surface area contributed by atoms with Crippen molar-refractivity contribution in [2.45, 2.75) is 39.8 Å². The molecule has 3 nitrogen and oxygen atoms in total. The summed E-state index contributed by atoms with van der Waals surface area (Å²) in [5.74, 6) is 0.849. The normalized spacial score (nSPS) is 11.8. The second kappa shape index (κ2) is 8.87. The van der Waals surface area contributed by atoms with Crippen LogP contribution < -0.4 is 10.1 Å². The Bertz CT molecular complexity index is 902. The zero-order valence-electron chi connectivity index (χ0n) is 16.0. The molecule has 1 heterocycles. The van der Waals surface area contributed by atoms with Crippen LogP contribution in [0, 0.1) is 13.8 Å². The molecule has 27 heavy (non-hydrogen) atoms. The minimum atomic E-state index is -0.0338. The molecule has 2 aromatic carbocycles. The van der Waals surface area contributed by atoms with Crippen LogP contribution in [0.4, 0.5) is 0 Å². The second-order valence-corrected chi connectivity index (χ2v) is 7.63. The number of carbonyl (C=O) groups excluding carboxylic acids is 1. The molecule has 0 saturated carbocycles. The molecule has 1 aromatic heterocycles. The SMILES string of the molecule is CCC(NC(=O)c1cc(COc2ccc(C)cc2C)cs1)c1ccccc1. The second-order valence-electron chi connectivity index (χ2n) is 6.72. The first-order valence-electron chi connectivity index (χ1n) is 9.20. The third-order valence-corrected chi connectivity index (χ3v) is 5.50. The maximum absolute atomic E-state index is 12.6. The van der Waals surface area contributed by atoms with E-state index in [0.29, 0.717) is 11.5 Å². The predicted octanol–water partition coefficient (Wildman–Crippen LogP) is 5.83. The summed E-state index contributed by atoms with van der Waals surface area (Å²) in [5.41, 5.74) is 4.48. The van der Waals surface area contributed by atoms with Gasteiger partial charge < -0.3 is 10.1 Å². The van der Waals surface area contributed by atoms with Gasteiger partial charge in [0.1, 0.15) is 12.4 Å². The van der Waals surface area contributed by atoms with Crippen molar-refractivity contribution < 1.29 is 9.53 Å². The molecule has 0 bridgehead atoms. The Morgan fingerprint density at radius 1 is 1.11 bits per heavy atom. The van der Waals surface area contributed by atoms with E-state index in [-0.39, 0.29) is 11.9 Å². The van der Waals surface area contributed by atoms with Crippen molar-refractivity contribution in [3.05, 3.63) is 87.1 Å². The van der Waals surface area contributed by atoms with Crippen LogP contribution in [0.3, 0.4) is 0 Å². The maximum atomic E-state index is 12.6. The Balaban J connectivity index is 1.61. The van der Waals surface area contributed by atoms with Gasteiger partial charge >= 0.3 is 0 Å². The lowest BCUT2D eigenvalue weighted by atomic mass is 10.0. The smallest absolute Gasteiger partial charge is 0.261 e. The van der Waals surface area contributed by atoms with Crippen LogP contribution in [0.5, 0.6) is 5.75 Å². The number of ether oxygens (including phenoxy) is 1. The van der Waals surface area contributed by atoms with Gasteiger partial charge in [-0.3, -0.25) is 4.79 Å². The van der Waals surface area contributed by atoms with Gasteiger partial charge in [-0.05, 0) is 48.9 Å². The van der Waals surface area contributed by atoms with Crippen LogP contribution in [0.2, 0.25) is 0 Å². The van der Waals surface area contributed by atoms with E-state index in [2.05, 4.69) is 25.2 Å². The average molecular weight is 380 g/mol. The van der Waals surface area contributed by atoms with Crippen LogP contribution >= 0.6 is 11.3 Å². The molecule has 0 radical (unpaired) electrons. The molecule has 0 spiro atoms. The van der Waals surface area contributed by atoms with E-state index in [1.165, 1.54) is 16.9 Å². The van der Waals surface area contributed by atoms with Gasteiger partial charge in [-0.2, -0.15) is 0 Å². The first kappa shape index (κ1) is 19.2. The number of benzene rings is 2. The summed E-state index contributed by atoms with van der Waals surface area (Å²) in [6, 6.07) is 18.2. The fourth-order valence-electron chi connectivity index (χ4n) is 3.03. The van der Waals surface area contributed by atoms with Crippen molar-refractivity contribution in [1.29, 1.82) is 0 Å². The molecule has 1 N–H and O–H groups in total. The predicted molar refractivity (Wildman–Crippen MR) is 112 cm³/mol. The van der Waals surface area contributed by atoms with Crippen LogP contribution in [0.15, 0.2) is 60.0 Å². The maximum Gasteiger partial charge on any atom is 0.261 e. The number of hydrogen-bond acceptors (Lipinski definition) is 3. The molecular weight excluding hydrogens is 354 g/mol. The molecule has 0 aliphatic rings. The van der Waals surface area contributed by atoms with E-state index in [1.807, 2.05) is 60.8 Å². The lowest BCUT2D eigenvalue weighted by Gasteiger charge is -2.16. The minimum Gasteiger partial charge on any atom is -0.489 e. The van der Waals surface area contributed by atoms with Gasteiger partial charge in [-0.1, -0.05) is 55.0 Å². The summed E-state index contributed by atoms with van der Waals surface area (Å²) >= 11 is 1.46. The van der Waals surface area contributed by atoms with Crippen molar-refractivity contribution in [3.8, 4) is 5.75 Å². The van der Waals surface area contributed by atoms with E-state index >= 15 is 0 Å². The number of rotatable bonds is 7. The lowest BCUT2D eigenvalue weighted by Crippen LogP contribution is -2.27. The molecule has 1 unspecified atom stereocenters. The minimum absolute atomic E-state index is 0.0238. The van der Waals surface area contributed by atoms with Crippen molar-refractivity contribution in [2.24, 2.45) is 0 Å². The summed E-state index contributed by atoms with van der Waals surface area (Å²) in [6.45, 7) is 6.65. The fourth-order valence-corrected chi connectivity index (χ4v) is 3.83. The summed E-state index contributed by atoms with van der Waals surface area (Å²) in [6.07, 6.45) is 0.851. The van der Waals surface area contributed by atoms with Gasteiger partial charge in [-0.15, -0.1) is 11.3 Å². The lowest BCUT2D eigenvalue weighted by molar-refractivity contribution is 0.0939. The van der Waals surface area contributed by atoms with Gasteiger partial charge in [0.15, 0.2) is 0 Å². The topological polar surface area (TPSA) is 38.3 Å². The number of nitrogens with one attached hydrogen (secondary N) is 1. The standard InChI is InChI=1S/C23H25NO2S/c1-4-20(19-8-6-5-7-9-19)24-23(25)22-13-18(15-27-22)14-26-21-11-10-16(2)12-17(21)3/h5-13,15,20H,4,14H2,1-3H3,(H,24,25). The van der Waals surface area contributed by atoms with Crippen molar-refractivity contribution in [1.82, 2.24) is 5.32 Å². The number of carbonyl (C=O) groups is 1. The molecule has 3 aromatic rings. The average Bonchev–Trinajstić information content (AvgIpc) is 3.15. The summed E-state index contributed by atoms with van der Waals surface area (Å²) in [7, 11) is 0. The molecular formula is C23H25NO2S. The number of amides is 1. The van der Waals surface area contributed by atoms with Crippen molar-refractivity contribution in [3.63, 3.8) is 0 Å². The first-order chi connectivity index (χ1) is 13.1. The number of aryl methyl sites for hydroxylation is 2. The zero-order valence-corrected chi connectivity index (χ0v) is 16.8. The Morgan fingerprint density at radius 2 is 1.89 bits per heavy atom. The molecule has 0 aliphatic carbocycles. The third-order valence-electron chi connectivity index (χ3n) is 4.52. The highest BCUT2D eigenvalue weighted by Gasteiger charge is 2.15. The Labute approximate surface area is 165 Å². The molecule has 1 amide bonds. The number of hydrogen-bond donors (Lipinski definition) is 1. The van der Waals surface area contributed by atoms with E-state index < -0.39 is 0 Å². The Kier molecular flexibility index (Phi) is 6.30. The van der Waals surface area contributed by atoms with Crippen LogP contribution in [0.1, 0.15) is 51.3 Å². The molecule has 1 atom stereocenters. The highest BCUT2D eigenvalue weighted by Crippen LogP contribution is 2.23. The van der Waals surface area contributed by atoms with E-state index in [0.717, 1.165) is 28.9 Å². The third kappa shape index (κ3) is 4.98. The van der Waals surface area contributed by atoms with Gasteiger partial charge in [0.2, 0.25) is 0 Å². The quantitative estimate of drug-likeness (QED) is 0.561. The largest absolute Gasteiger partial charge is 0.489 e. The van der Waals surface area contributed by atoms with Crippen LogP contribution in [-0.2, 0) is 6.61 Å². The van der Waals surface area contributed by atoms with E-state index in [4.69, 9.17) is 4.74 Å². The van der Waals surface area contributed by atoms with Gasteiger partial charge in [-0.25, -0.2) is 0 Å². The van der Waals surface area contributed by atoms with Gasteiger partial charge in [0.05, 0.1) is 10.9 Å². The zero-order chi connectivity index (χ0) is 19.2. The summed E-state index contributed by atoms with van der Waals surface area (Å²) < 4.78 is 5.92. The summed E-state index contributed by atoms with van der Waals surface area (Å²) in [4.78, 5) is 13.3. The first-order valence-corrected chi connectivity index (χ1v) is 10.1. The van der Waals surface area contributed by atoms with Crippen molar-refractivity contribution >= 4 is 17.2 Å².